The fraction of sp³-hybridized carbons (Fsp3) is 0.333. The number of rotatable bonds is 0. The normalized spacial score (nSPS) is 9.29. The van der Waals surface area contributed by atoms with Crippen molar-refractivity contribution in [1.29, 1.82) is 0 Å². The summed E-state index contributed by atoms with van der Waals surface area (Å²) < 4.78 is 2.49. The number of hydrogen-bond acceptors (Lipinski definition) is 3. The molecule has 0 aromatic carbocycles. The van der Waals surface area contributed by atoms with Crippen LogP contribution >= 0.6 is 11.5 Å². The second kappa shape index (κ2) is 1.46. The van der Waals surface area contributed by atoms with Crippen LogP contribution in [0.5, 0.6) is 0 Å². The predicted molar refractivity (Wildman–Crippen MR) is 27.5 cm³/mol. The molecule has 0 radical (unpaired) electrons. The molecule has 0 atom stereocenters. The largest absolute Gasteiger partial charge is 0.274 e. The second-order valence-electron chi connectivity index (χ2n) is 1.18. The van der Waals surface area contributed by atoms with Crippen molar-refractivity contribution < 1.29 is 0 Å². The Morgan fingerprint density at radius 1 is 1.86 bits per heavy atom. The molecule has 0 spiro atoms. The highest BCUT2D eigenvalue weighted by Crippen LogP contribution is 1.78. The van der Waals surface area contributed by atoms with Gasteiger partial charge in [0, 0.05) is 11.5 Å². The lowest BCUT2D eigenvalue weighted by Gasteiger charge is -1.62. The number of aryl methyl sites for hydroxylation is 1. The molecule has 7 heavy (non-hydrogen) atoms. The van der Waals surface area contributed by atoms with Crippen molar-refractivity contribution in [2.75, 3.05) is 0 Å². The van der Waals surface area contributed by atoms with Gasteiger partial charge in [0.25, 0.3) is 4.74 Å². The van der Waals surface area contributed by atoms with Gasteiger partial charge in [0.1, 0.15) is 5.69 Å². The molecule has 3 nitrogen and oxygen atoms in total. The Hall–Kier alpha value is -0.640. The van der Waals surface area contributed by atoms with Gasteiger partial charge in [-0.25, -0.2) is 4.49 Å². The Balaban J connectivity index is 3.39. The molecule has 0 aliphatic rings. The van der Waals surface area contributed by atoms with Crippen LogP contribution in [0.1, 0.15) is 5.69 Å². The van der Waals surface area contributed by atoms with E-state index in [1.165, 1.54) is 0 Å². The predicted octanol–water partition coefficient (Wildman–Crippen LogP) is 0.140. The average Bonchev–Trinajstić information content (AvgIpc) is 1.91. The van der Waals surface area contributed by atoms with Gasteiger partial charge < -0.3 is 0 Å². The number of H-pyrrole nitrogens is 1. The number of nitrogens with zero attached hydrogens (tertiary/aromatic N) is 1. The fourth-order valence-corrected chi connectivity index (χ4v) is 0.711. The summed E-state index contributed by atoms with van der Waals surface area (Å²) in [5, 5.41) is 3.60. The van der Waals surface area contributed by atoms with Crippen molar-refractivity contribution in [2.24, 2.45) is 0 Å². The monoisotopic (exact) mass is 116 g/mol. The highest BCUT2D eigenvalue weighted by atomic mass is 32.1. The van der Waals surface area contributed by atoms with Gasteiger partial charge >= 0.3 is 0 Å². The molecule has 1 rings (SSSR count). The molecule has 1 heterocycles. The first kappa shape index (κ1) is 4.52. The lowest BCUT2D eigenvalue weighted by Crippen LogP contribution is -1.91. The van der Waals surface area contributed by atoms with Crippen LogP contribution in [0, 0.1) is 6.92 Å². The molecule has 0 aliphatic carbocycles. The molecular weight excluding hydrogens is 112 g/mol. The standard InChI is InChI=1S/C3H4N2OS/c1-2-3(6)7-5-4-2/h5H,1H3. The van der Waals surface area contributed by atoms with Crippen LogP contribution in [-0.4, -0.2) is 9.59 Å². The lowest BCUT2D eigenvalue weighted by atomic mass is 10.6. The first-order valence-electron chi connectivity index (χ1n) is 1.81. The SMILES string of the molecule is Cc1n[nH]sc1=O. The summed E-state index contributed by atoms with van der Waals surface area (Å²) in [5.41, 5.74) is 0.546. The molecule has 0 amide bonds. The quantitative estimate of drug-likeness (QED) is 0.524. The maximum Gasteiger partial charge on any atom is 0.272 e. The van der Waals surface area contributed by atoms with E-state index >= 15 is 0 Å². The third kappa shape index (κ3) is 0.691. The molecule has 38 valence electrons. The van der Waals surface area contributed by atoms with Crippen LogP contribution in [0.25, 0.3) is 0 Å². The van der Waals surface area contributed by atoms with Gasteiger partial charge in [-0.3, -0.25) is 4.79 Å². The minimum absolute atomic E-state index is 0.0139. The van der Waals surface area contributed by atoms with Crippen molar-refractivity contribution in [3.63, 3.8) is 0 Å². The maximum atomic E-state index is 10.3. The van der Waals surface area contributed by atoms with Crippen LogP contribution in [-0.2, 0) is 0 Å². The minimum atomic E-state index is 0.0139. The zero-order chi connectivity index (χ0) is 5.28. The molecule has 0 fully saturated rings. The third-order valence-corrected chi connectivity index (χ3v) is 1.31. The molecule has 1 N–H and O–H groups in total. The van der Waals surface area contributed by atoms with Gasteiger partial charge in [0.2, 0.25) is 0 Å². The highest BCUT2D eigenvalue weighted by molar-refractivity contribution is 7.02. The molecule has 0 unspecified atom stereocenters. The summed E-state index contributed by atoms with van der Waals surface area (Å²) in [5.74, 6) is 0. The van der Waals surface area contributed by atoms with Gasteiger partial charge in [-0.2, -0.15) is 5.10 Å². The van der Waals surface area contributed by atoms with Gasteiger partial charge in [-0.15, -0.1) is 0 Å². The third-order valence-electron chi connectivity index (χ3n) is 0.647. The van der Waals surface area contributed by atoms with Crippen LogP contribution in [0.3, 0.4) is 0 Å². The van der Waals surface area contributed by atoms with Crippen LogP contribution < -0.4 is 4.74 Å². The summed E-state index contributed by atoms with van der Waals surface area (Å²) >= 11 is 1.01. The van der Waals surface area contributed by atoms with Crippen molar-refractivity contribution in [2.45, 2.75) is 6.92 Å². The van der Waals surface area contributed by atoms with E-state index in [2.05, 4.69) is 9.59 Å². The molecule has 0 bridgehead atoms. The Labute approximate surface area is 44.1 Å². The summed E-state index contributed by atoms with van der Waals surface area (Å²) in [7, 11) is 0. The zero-order valence-corrected chi connectivity index (χ0v) is 4.58. The van der Waals surface area contributed by atoms with Crippen LogP contribution in [0.15, 0.2) is 4.79 Å². The number of nitrogens with one attached hydrogen (secondary N) is 1. The van der Waals surface area contributed by atoms with Crippen LogP contribution in [0.2, 0.25) is 0 Å². The molecule has 0 saturated carbocycles. The second-order valence-corrected chi connectivity index (χ2v) is 1.94. The number of aromatic nitrogens is 2. The van der Waals surface area contributed by atoms with Gasteiger partial charge in [0.15, 0.2) is 0 Å². The van der Waals surface area contributed by atoms with E-state index in [0.29, 0.717) is 5.69 Å². The van der Waals surface area contributed by atoms with E-state index in [-0.39, 0.29) is 4.74 Å². The molecule has 0 saturated heterocycles. The smallest absolute Gasteiger partial charge is 0.272 e. The highest BCUT2D eigenvalue weighted by Gasteiger charge is 1.89. The summed E-state index contributed by atoms with van der Waals surface area (Å²) in [6.07, 6.45) is 0. The molecule has 1 aromatic rings. The van der Waals surface area contributed by atoms with Crippen LogP contribution in [0.4, 0.5) is 0 Å². The lowest BCUT2D eigenvalue weighted by molar-refractivity contribution is 1.08. The first-order chi connectivity index (χ1) is 3.30. The first-order valence-corrected chi connectivity index (χ1v) is 2.63. The Morgan fingerprint density at radius 2 is 2.57 bits per heavy atom. The topological polar surface area (TPSA) is 45.8 Å². The Morgan fingerprint density at radius 3 is 2.71 bits per heavy atom. The van der Waals surface area contributed by atoms with Crippen molar-refractivity contribution in [3.8, 4) is 0 Å². The van der Waals surface area contributed by atoms with E-state index < -0.39 is 0 Å². The van der Waals surface area contributed by atoms with Crippen molar-refractivity contribution in [1.82, 2.24) is 9.59 Å². The summed E-state index contributed by atoms with van der Waals surface area (Å²) in [6, 6.07) is 0. The van der Waals surface area contributed by atoms with Gasteiger partial charge in [0.05, 0.1) is 0 Å². The maximum absolute atomic E-state index is 10.3. The van der Waals surface area contributed by atoms with Gasteiger partial charge in [-0.1, -0.05) is 0 Å². The van der Waals surface area contributed by atoms with Crippen molar-refractivity contribution in [3.05, 3.63) is 15.2 Å². The van der Waals surface area contributed by atoms with E-state index in [4.69, 9.17) is 0 Å². The number of aromatic amines is 1. The molecule has 0 aliphatic heterocycles. The molecular formula is C3H4N2OS. The number of hydrogen-bond donors (Lipinski definition) is 1. The Kier molecular flexibility index (Phi) is 0.941. The zero-order valence-electron chi connectivity index (χ0n) is 3.76. The minimum Gasteiger partial charge on any atom is -0.274 e. The summed E-state index contributed by atoms with van der Waals surface area (Å²) in [6.45, 7) is 1.68. The fourth-order valence-electron chi connectivity index (χ4n) is 0.252. The molecule has 1 aromatic heterocycles. The average molecular weight is 116 g/mol. The van der Waals surface area contributed by atoms with E-state index in [1.54, 1.807) is 6.92 Å². The summed E-state index contributed by atoms with van der Waals surface area (Å²) in [4.78, 5) is 10.3. The van der Waals surface area contributed by atoms with E-state index in [1.807, 2.05) is 0 Å². The Bertz CT molecular complexity index is 201. The van der Waals surface area contributed by atoms with E-state index in [9.17, 15) is 4.79 Å². The molecule has 4 heteroatoms. The van der Waals surface area contributed by atoms with E-state index in [0.717, 1.165) is 11.5 Å². The van der Waals surface area contributed by atoms with Crippen molar-refractivity contribution >= 4 is 11.5 Å². The van der Waals surface area contributed by atoms with Gasteiger partial charge in [-0.05, 0) is 6.92 Å².